The van der Waals surface area contributed by atoms with Crippen LogP contribution in [0.1, 0.15) is 29.3 Å². The topological polar surface area (TPSA) is 17.1 Å². The predicted octanol–water partition coefficient (Wildman–Crippen LogP) is 3.94. The first-order valence-corrected chi connectivity index (χ1v) is 5.98. The van der Waals surface area contributed by atoms with Crippen LogP contribution in [0.2, 0.25) is 0 Å². The Bertz CT molecular complexity index is 321. The molecule has 0 aliphatic carbocycles. The minimum absolute atomic E-state index is 0.176. The zero-order valence-corrected chi connectivity index (χ0v) is 10.5. The van der Waals surface area contributed by atoms with Gasteiger partial charge in [0.2, 0.25) is 0 Å². The van der Waals surface area contributed by atoms with Crippen LogP contribution in [-0.4, -0.2) is 5.78 Å². The van der Waals surface area contributed by atoms with Gasteiger partial charge in [0.25, 0.3) is 0 Å². The van der Waals surface area contributed by atoms with Crippen molar-refractivity contribution in [3.05, 3.63) is 33.8 Å². The van der Waals surface area contributed by atoms with Crippen molar-refractivity contribution < 1.29 is 4.79 Å². The molecule has 0 aliphatic heterocycles. The van der Waals surface area contributed by atoms with Crippen LogP contribution in [0.4, 0.5) is 0 Å². The minimum atomic E-state index is 0.176. The number of hydrogen-bond acceptors (Lipinski definition) is 1. The number of hydrogen-bond donors (Lipinski definition) is 0. The van der Waals surface area contributed by atoms with Gasteiger partial charge in [-0.25, -0.2) is 0 Å². The van der Waals surface area contributed by atoms with Crippen molar-refractivity contribution in [2.75, 3.05) is 0 Å². The summed E-state index contributed by atoms with van der Waals surface area (Å²) in [5, 5.41) is 0.762. The SMILES string of the molecule is CCC(=O)c1cccc(CBr)c1Br. The quantitative estimate of drug-likeness (QED) is 0.611. The van der Waals surface area contributed by atoms with Crippen LogP contribution in [0.5, 0.6) is 0 Å². The van der Waals surface area contributed by atoms with E-state index in [4.69, 9.17) is 0 Å². The molecular formula is C10H10Br2O. The van der Waals surface area contributed by atoms with E-state index in [1.165, 1.54) is 0 Å². The Morgan fingerprint density at radius 3 is 2.69 bits per heavy atom. The average molecular weight is 306 g/mol. The van der Waals surface area contributed by atoms with Crippen molar-refractivity contribution in [3.8, 4) is 0 Å². The van der Waals surface area contributed by atoms with E-state index in [0.29, 0.717) is 6.42 Å². The summed E-state index contributed by atoms with van der Waals surface area (Å²) in [6, 6.07) is 5.75. The molecule has 0 bridgehead atoms. The van der Waals surface area contributed by atoms with E-state index in [9.17, 15) is 4.79 Å². The summed E-state index contributed by atoms with van der Waals surface area (Å²) >= 11 is 6.80. The summed E-state index contributed by atoms with van der Waals surface area (Å²) in [6.45, 7) is 1.87. The Morgan fingerprint density at radius 2 is 2.15 bits per heavy atom. The van der Waals surface area contributed by atoms with Gasteiger partial charge < -0.3 is 0 Å². The highest BCUT2D eigenvalue weighted by atomic mass is 79.9. The molecule has 1 aromatic rings. The molecule has 0 unspecified atom stereocenters. The van der Waals surface area contributed by atoms with Crippen molar-refractivity contribution in [2.45, 2.75) is 18.7 Å². The molecule has 0 fully saturated rings. The number of halogens is 2. The molecule has 0 aliphatic rings. The van der Waals surface area contributed by atoms with Crippen LogP contribution in [-0.2, 0) is 5.33 Å². The van der Waals surface area contributed by atoms with Crippen molar-refractivity contribution >= 4 is 37.6 Å². The first-order chi connectivity index (χ1) is 6.20. The standard InChI is InChI=1S/C10H10Br2O/c1-2-9(13)8-5-3-4-7(6-11)10(8)12/h3-5H,2,6H2,1H3. The molecule has 0 aromatic heterocycles. The van der Waals surface area contributed by atoms with E-state index in [0.717, 1.165) is 20.9 Å². The number of rotatable bonds is 3. The number of alkyl halides is 1. The van der Waals surface area contributed by atoms with E-state index in [1.54, 1.807) is 0 Å². The van der Waals surface area contributed by atoms with E-state index in [-0.39, 0.29) is 5.78 Å². The largest absolute Gasteiger partial charge is 0.294 e. The average Bonchev–Trinajstić information content (AvgIpc) is 2.17. The lowest BCUT2D eigenvalue weighted by atomic mass is 10.1. The first kappa shape index (κ1) is 10.9. The smallest absolute Gasteiger partial charge is 0.163 e. The van der Waals surface area contributed by atoms with Crippen LogP contribution in [0, 0.1) is 0 Å². The van der Waals surface area contributed by atoms with Gasteiger partial charge in [0.05, 0.1) is 0 Å². The molecule has 0 amide bonds. The normalized spacial score (nSPS) is 10.1. The maximum absolute atomic E-state index is 11.5. The summed E-state index contributed by atoms with van der Waals surface area (Å²) in [5.41, 5.74) is 1.89. The zero-order valence-electron chi connectivity index (χ0n) is 7.31. The Morgan fingerprint density at radius 1 is 1.46 bits per heavy atom. The fourth-order valence-electron chi connectivity index (χ4n) is 1.09. The molecule has 0 saturated carbocycles. The van der Waals surface area contributed by atoms with Gasteiger partial charge in [0, 0.05) is 21.8 Å². The lowest BCUT2D eigenvalue weighted by Crippen LogP contribution is -1.99. The maximum Gasteiger partial charge on any atom is 0.163 e. The lowest BCUT2D eigenvalue weighted by Gasteiger charge is -2.05. The monoisotopic (exact) mass is 304 g/mol. The second-order valence-electron chi connectivity index (χ2n) is 2.69. The molecular weight excluding hydrogens is 296 g/mol. The predicted molar refractivity (Wildman–Crippen MR) is 61.4 cm³/mol. The third kappa shape index (κ3) is 2.41. The van der Waals surface area contributed by atoms with Crippen molar-refractivity contribution in [1.82, 2.24) is 0 Å². The summed E-state index contributed by atoms with van der Waals surface area (Å²) < 4.78 is 0.915. The highest BCUT2D eigenvalue weighted by Gasteiger charge is 2.09. The number of carbonyl (C=O) groups excluding carboxylic acids is 1. The lowest BCUT2D eigenvalue weighted by molar-refractivity contribution is 0.0987. The van der Waals surface area contributed by atoms with E-state index in [1.807, 2.05) is 25.1 Å². The van der Waals surface area contributed by atoms with Crippen molar-refractivity contribution in [3.63, 3.8) is 0 Å². The Kier molecular flexibility index (Phi) is 4.13. The van der Waals surface area contributed by atoms with E-state index in [2.05, 4.69) is 31.9 Å². The van der Waals surface area contributed by atoms with Gasteiger partial charge in [-0.1, -0.05) is 41.1 Å². The van der Waals surface area contributed by atoms with Gasteiger partial charge in [-0.2, -0.15) is 0 Å². The van der Waals surface area contributed by atoms with Gasteiger partial charge in [0.15, 0.2) is 5.78 Å². The third-order valence-electron chi connectivity index (χ3n) is 1.84. The van der Waals surface area contributed by atoms with Crippen LogP contribution < -0.4 is 0 Å². The molecule has 3 heteroatoms. The van der Waals surface area contributed by atoms with E-state index >= 15 is 0 Å². The Labute approximate surface area is 94.8 Å². The van der Waals surface area contributed by atoms with Crippen LogP contribution in [0.3, 0.4) is 0 Å². The molecule has 1 nitrogen and oxygen atoms in total. The number of carbonyl (C=O) groups is 1. The molecule has 0 atom stereocenters. The van der Waals surface area contributed by atoms with Gasteiger partial charge in [0.1, 0.15) is 0 Å². The summed E-state index contributed by atoms with van der Waals surface area (Å²) in [4.78, 5) is 11.5. The van der Waals surface area contributed by atoms with Crippen molar-refractivity contribution in [1.29, 1.82) is 0 Å². The van der Waals surface area contributed by atoms with Gasteiger partial charge in [-0.15, -0.1) is 0 Å². The highest BCUT2D eigenvalue weighted by molar-refractivity contribution is 9.10. The molecule has 13 heavy (non-hydrogen) atoms. The summed E-state index contributed by atoms with van der Waals surface area (Å²) in [6.07, 6.45) is 0.546. The molecule has 0 spiro atoms. The minimum Gasteiger partial charge on any atom is -0.294 e. The molecule has 0 radical (unpaired) electrons. The van der Waals surface area contributed by atoms with Gasteiger partial charge in [-0.3, -0.25) is 4.79 Å². The Balaban J connectivity index is 3.15. The van der Waals surface area contributed by atoms with Gasteiger partial charge in [-0.05, 0) is 21.5 Å². The highest BCUT2D eigenvalue weighted by Crippen LogP contribution is 2.24. The van der Waals surface area contributed by atoms with E-state index < -0.39 is 0 Å². The van der Waals surface area contributed by atoms with Crippen molar-refractivity contribution in [2.24, 2.45) is 0 Å². The zero-order chi connectivity index (χ0) is 9.84. The molecule has 1 rings (SSSR count). The third-order valence-corrected chi connectivity index (χ3v) is 3.38. The number of Topliss-reactive ketones (excluding diaryl/α,β-unsaturated/α-hetero) is 1. The number of ketones is 1. The fourth-order valence-corrected chi connectivity index (χ4v) is 2.56. The second kappa shape index (κ2) is 4.91. The van der Waals surface area contributed by atoms with Crippen LogP contribution in [0.15, 0.2) is 22.7 Å². The summed E-state index contributed by atoms with van der Waals surface area (Å²) in [5.74, 6) is 0.176. The Hall–Kier alpha value is -0.150. The molecule has 0 saturated heterocycles. The first-order valence-electron chi connectivity index (χ1n) is 4.07. The summed E-state index contributed by atoms with van der Waals surface area (Å²) in [7, 11) is 0. The molecule has 1 aromatic carbocycles. The molecule has 0 N–H and O–H groups in total. The molecule has 70 valence electrons. The fraction of sp³-hybridized carbons (Fsp3) is 0.300. The van der Waals surface area contributed by atoms with Crippen LogP contribution >= 0.6 is 31.9 Å². The van der Waals surface area contributed by atoms with Gasteiger partial charge >= 0.3 is 0 Å². The van der Waals surface area contributed by atoms with Crippen LogP contribution in [0.25, 0.3) is 0 Å². The maximum atomic E-state index is 11.5. The number of benzene rings is 1. The second-order valence-corrected chi connectivity index (χ2v) is 4.04. The molecule has 0 heterocycles.